The molecule has 6 nitrogen and oxygen atoms in total. The maximum absolute atomic E-state index is 14.6. The molecule has 0 saturated heterocycles. The molecule has 0 amide bonds. The normalized spacial score (nSPS) is 20.3. The van der Waals surface area contributed by atoms with E-state index in [9.17, 15) is 10.2 Å². The van der Waals surface area contributed by atoms with Gasteiger partial charge in [-0.3, -0.25) is 0 Å². The van der Waals surface area contributed by atoms with Gasteiger partial charge in [0.2, 0.25) is 0 Å². The Labute approximate surface area is 245 Å². The fourth-order valence-electron chi connectivity index (χ4n) is 7.53. The number of fused-ring (bicyclic) bond motifs is 4. The van der Waals surface area contributed by atoms with Gasteiger partial charge in [-0.05, 0) is 45.9 Å². The van der Waals surface area contributed by atoms with Gasteiger partial charge in [0.05, 0.1) is 11.4 Å². The van der Waals surface area contributed by atoms with Crippen LogP contribution in [0.2, 0.25) is 0 Å². The molecule has 0 aliphatic heterocycles. The summed E-state index contributed by atoms with van der Waals surface area (Å²) in [7, 11) is 8.03. The molecule has 0 heterocycles. The van der Waals surface area contributed by atoms with Crippen LogP contribution in [0.1, 0.15) is 23.0 Å². The van der Waals surface area contributed by atoms with Crippen molar-refractivity contribution in [1.29, 1.82) is 0 Å². The fourth-order valence-corrected chi connectivity index (χ4v) is 7.53. The molecule has 0 unspecified atom stereocenters. The molecule has 1 saturated carbocycles. The minimum Gasteiger partial charge on any atom is -0.851 e. The van der Waals surface area contributed by atoms with Crippen molar-refractivity contribution in [2.45, 2.75) is 24.0 Å². The summed E-state index contributed by atoms with van der Waals surface area (Å²) in [5.41, 5.74) is 18.0. The summed E-state index contributed by atoms with van der Waals surface area (Å²) in [6.07, 6.45) is -2.33. The Morgan fingerprint density at radius 1 is 0.476 bits per heavy atom. The molecule has 4 N–H and O–H groups in total. The highest BCUT2D eigenvalue weighted by Crippen LogP contribution is 2.55. The number of nitrogen functional groups attached to an aromatic ring is 2. The van der Waals surface area contributed by atoms with Crippen LogP contribution in [0.5, 0.6) is 0 Å². The van der Waals surface area contributed by atoms with Gasteiger partial charge in [0, 0.05) is 71.9 Å². The van der Waals surface area contributed by atoms with Crippen LogP contribution >= 0.6 is 0 Å². The summed E-state index contributed by atoms with van der Waals surface area (Å²) in [6.45, 7) is 0. The van der Waals surface area contributed by atoms with Crippen LogP contribution in [-0.2, 0) is 0 Å². The van der Waals surface area contributed by atoms with E-state index in [1.807, 2.05) is 101 Å². The van der Waals surface area contributed by atoms with Crippen LogP contribution in [0.3, 0.4) is 0 Å². The van der Waals surface area contributed by atoms with E-state index in [0.717, 1.165) is 65.6 Å². The van der Waals surface area contributed by atoms with Crippen molar-refractivity contribution in [3.63, 3.8) is 0 Å². The van der Waals surface area contributed by atoms with E-state index in [2.05, 4.69) is 21.9 Å². The third-order valence-electron chi connectivity index (χ3n) is 9.16. The first-order valence-electron chi connectivity index (χ1n) is 14.3. The maximum Gasteiger partial charge on any atom is 0.0521 e. The number of hydrogen-bond donors (Lipinski definition) is 2. The third-order valence-corrected chi connectivity index (χ3v) is 9.16. The smallest absolute Gasteiger partial charge is 0.0521 e. The van der Waals surface area contributed by atoms with Gasteiger partial charge in [0.1, 0.15) is 0 Å². The highest BCUT2D eigenvalue weighted by molar-refractivity contribution is 6.19. The lowest BCUT2D eigenvalue weighted by Gasteiger charge is -2.62. The summed E-state index contributed by atoms with van der Waals surface area (Å²) in [6, 6.07) is 27.7. The van der Waals surface area contributed by atoms with Crippen LogP contribution < -0.4 is 31.5 Å². The van der Waals surface area contributed by atoms with Gasteiger partial charge in [-0.15, -0.1) is 12.2 Å². The second kappa shape index (κ2) is 9.51. The van der Waals surface area contributed by atoms with Gasteiger partial charge in [-0.1, -0.05) is 72.8 Å². The minimum atomic E-state index is -1.17. The molecule has 212 valence electrons. The molecule has 1 aliphatic carbocycles. The number of benzene rings is 6. The van der Waals surface area contributed by atoms with Crippen molar-refractivity contribution in [3.8, 4) is 0 Å². The van der Waals surface area contributed by atoms with Crippen molar-refractivity contribution < 1.29 is 10.2 Å². The predicted octanol–water partition coefficient (Wildman–Crippen LogP) is 4.93. The van der Waals surface area contributed by atoms with Crippen molar-refractivity contribution in [1.82, 2.24) is 0 Å². The zero-order valence-corrected chi connectivity index (χ0v) is 24.3. The standard InChI is InChI=1S/C36H34N4O2/c1-39(2)33-21-13-7-5-11-19(21)29(27-23(33)15-9-17-25(27)37)31-35(41)32(36(31)42)30-20-12-6-8-14-22(20)34(40(3)4)24-16-10-18-26(38)28(24)30/h5-18,31-32,35-36H,37-38H2,1-4H3/q-2. The molecule has 0 aromatic heterocycles. The van der Waals surface area contributed by atoms with E-state index in [1.165, 1.54) is 0 Å². The van der Waals surface area contributed by atoms with Gasteiger partial charge in [-0.25, -0.2) is 0 Å². The zero-order chi connectivity index (χ0) is 29.4. The average Bonchev–Trinajstić information content (AvgIpc) is 2.96. The molecule has 1 aliphatic rings. The maximum atomic E-state index is 14.6. The van der Waals surface area contributed by atoms with Crippen LogP contribution in [0, 0.1) is 0 Å². The Morgan fingerprint density at radius 3 is 1.17 bits per heavy atom. The SMILES string of the molecule is CN(C)c1c2ccccc2c(C2C([O-])C(c3c4ccccc4c(N(C)C)c4cccc(N)c34)C2[O-])c2c(N)cccc12. The van der Waals surface area contributed by atoms with Crippen molar-refractivity contribution in [2.75, 3.05) is 49.5 Å². The van der Waals surface area contributed by atoms with Crippen LogP contribution in [-0.4, -0.2) is 40.4 Å². The van der Waals surface area contributed by atoms with E-state index in [1.54, 1.807) is 0 Å². The Hall–Kier alpha value is -4.52. The Bertz CT molecular complexity index is 1880. The van der Waals surface area contributed by atoms with Crippen LogP contribution in [0.25, 0.3) is 43.1 Å². The number of nitrogens with zero attached hydrogens (tertiary/aromatic N) is 2. The Balaban J connectivity index is 1.51. The number of hydrogen-bond acceptors (Lipinski definition) is 6. The second-order valence-electron chi connectivity index (χ2n) is 11.9. The quantitative estimate of drug-likeness (QED) is 0.236. The van der Waals surface area contributed by atoms with Gasteiger partial charge in [0.15, 0.2) is 0 Å². The molecular formula is C36H34N4O2-2. The molecule has 6 aromatic carbocycles. The molecule has 6 heteroatoms. The monoisotopic (exact) mass is 554 g/mol. The Kier molecular flexibility index (Phi) is 5.98. The van der Waals surface area contributed by atoms with Crippen LogP contribution in [0.15, 0.2) is 84.9 Å². The van der Waals surface area contributed by atoms with E-state index in [4.69, 9.17) is 11.5 Å². The van der Waals surface area contributed by atoms with Gasteiger partial charge in [-0.2, -0.15) is 0 Å². The number of nitrogens with two attached hydrogens (primary N) is 2. The lowest BCUT2D eigenvalue weighted by Crippen LogP contribution is -2.63. The van der Waals surface area contributed by atoms with E-state index in [-0.39, 0.29) is 0 Å². The molecule has 0 radical (unpaired) electrons. The highest BCUT2D eigenvalue weighted by Gasteiger charge is 2.42. The molecule has 0 atom stereocenters. The molecule has 0 spiro atoms. The summed E-state index contributed by atoms with van der Waals surface area (Å²) in [4.78, 5) is 4.16. The molecule has 7 rings (SSSR count). The lowest BCUT2D eigenvalue weighted by molar-refractivity contribution is -0.535. The van der Waals surface area contributed by atoms with Gasteiger partial charge >= 0.3 is 0 Å². The summed E-state index contributed by atoms with van der Waals surface area (Å²) >= 11 is 0. The molecule has 0 bridgehead atoms. The third kappa shape index (κ3) is 3.52. The topological polar surface area (TPSA) is 105 Å². The summed E-state index contributed by atoms with van der Waals surface area (Å²) in [5.74, 6) is -1.51. The van der Waals surface area contributed by atoms with Crippen LogP contribution in [0.4, 0.5) is 22.7 Å². The Morgan fingerprint density at radius 2 is 0.810 bits per heavy atom. The molecule has 6 aromatic rings. The number of anilines is 4. The first kappa shape index (κ1) is 26.4. The summed E-state index contributed by atoms with van der Waals surface area (Å²) < 4.78 is 0. The van der Waals surface area contributed by atoms with Crippen molar-refractivity contribution in [2.24, 2.45) is 0 Å². The zero-order valence-electron chi connectivity index (χ0n) is 24.3. The number of rotatable bonds is 4. The summed E-state index contributed by atoms with van der Waals surface area (Å²) in [5, 5.41) is 36.5. The van der Waals surface area contributed by atoms with Gasteiger partial charge < -0.3 is 31.5 Å². The molecule has 1 fully saturated rings. The van der Waals surface area contributed by atoms with Crippen molar-refractivity contribution in [3.05, 3.63) is 96.1 Å². The van der Waals surface area contributed by atoms with E-state index in [0.29, 0.717) is 11.4 Å². The largest absolute Gasteiger partial charge is 0.851 e. The highest BCUT2D eigenvalue weighted by atomic mass is 16.3. The minimum absolute atomic E-state index is 0.578. The second-order valence-corrected chi connectivity index (χ2v) is 11.9. The molecule has 42 heavy (non-hydrogen) atoms. The van der Waals surface area contributed by atoms with E-state index >= 15 is 0 Å². The first-order chi connectivity index (χ1) is 20.2. The molecular weight excluding hydrogens is 520 g/mol. The fraction of sp³-hybridized carbons (Fsp3) is 0.222. The first-order valence-corrected chi connectivity index (χ1v) is 14.3. The van der Waals surface area contributed by atoms with E-state index < -0.39 is 24.0 Å². The van der Waals surface area contributed by atoms with Crippen molar-refractivity contribution >= 4 is 65.8 Å². The lowest BCUT2D eigenvalue weighted by atomic mass is 9.60. The predicted molar refractivity (Wildman–Crippen MR) is 173 cm³/mol. The average molecular weight is 555 g/mol. The van der Waals surface area contributed by atoms with Gasteiger partial charge in [0.25, 0.3) is 0 Å².